The van der Waals surface area contributed by atoms with Gasteiger partial charge >= 0.3 is 0 Å². The molecule has 1 heterocycles. The fourth-order valence-electron chi connectivity index (χ4n) is 1.80. The SMILES string of the molecule is CC(C)Cc1nc(CSc2cccc(F)c2)nc(Cl)c1Br. The van der Waals surface area contributed by atoms with E-state index in [9.17, 15) is 4.39 Å². The zero-order chi connectivity index (χ0) is 15.4. The molecule has 0 atom stereocenters. The molecule has 0 saturated carbocycles. The first-order valence-electron chi connectivity index (χ1n) is 6.55. The van der Waals surface area contributed by atoms with Crippen LogP contribution < -0.4 is 0 Å². The van der Waals surface area contributed by atoms with Gasteiger partial charge in [-0.2, -0.15) is 0 Å². The van der Waals surface area contributed by atoms with Crippen LogP contribution in [0.2, 0.25) is 5.15 Å². The molecule has 2 nitrogen and oxygen atoms in total. The van der Waals surface area contributed by atoms with E-state index >= 15 is 0 Å². The van der Waals surface area contributed by atoms with Crippen molar-refractivity contribution in [2.45, 2.75) is 30.9 Å². The van der Waals surface area contributed by atoms with Crippen molar-refractivity contribution in [2.24, 2.45) is 5.92 Å². The average molecular weight is 390 g/mol. The molecule has 0 fully saturated rings. The molecule has 6 heteroatoms. The first-order valence-corrected chi connectivity index (χ1v) is 8.70. The number of thioether (sulfide) groups is 1. The molecular weight excluding hydrogens is 375 g/mol. The van der Waals surface area contributed by atoms with Gasteiger partial charge in [-0.1, -0.05) is 31.5 Å². The summed E-state index contributed by atoms with van der Waals surface area (Å²) in [5.74, 6) is 1.46. The lowest BCUT2D eigenvalue weighted by atomic mass is 10.1. The quantitative estimate of drug-likeness (QED) is 0.497. The smallest absolute Gasteiger partial charge is 0.147 e. The van der Waals surface area contributed by atoms with Crippen molar-refractivity contribution in [3.63, 3.8) is 0 Å². The van der Waals surface area contributed by atoms with E-state index in [1.54, 1.807) is 6.07 Å². The molecule has 2 aromatic rings. The summed E-state index contributed by atoms with van der Waals surface area (Å²) in [5, 5.41) is 0.426. The second-order valence-electron chi connectivity index (χ2n) is 5.04. The summed E-state index contributed by atoms with van der Waals surface area (Å²) < 4.78 is 13.9. The number of hydrogen-bond donors (Lipinski definition) is 0. The van der Waals surface area contributed by atoms with E-state index in [0.717, 1.165) is 21.5 Å². The molecule has 1 aromatic carbocycles. The van der Waals surface area contributed by atoms with Crippen molar-refractivity contribution in [1.82, 2.24) is 9.97 Å². The number of aromatic nitrogens is 2. The van der Waals surface area contributed by atoms with Crippen molar-refractivity contribution in [3.05, 3.63) is 51.2 Å². The van der Waals surface area contributed by atoms with Gasteiger partial charge in [-0.25, -0.2) is 14.4 Å². The van der Waals surface area contributed by atoms with Gasteiger partial charge in [0.05, 0.1) is 15.9 Å². The Morgan fingerprint density at radius 1 is 1.33 bits per heavy atom. The normalized spacial score (nSPS) is 11.1. The van der Waals surface area contributed by atoms with Gasteiger partial charge in [0.1, 0.15) is 16.8 Å². The standard InChI is InChI=1S/C15H15BrClFN2S/c1-9(2)6-12-14(16)15(17)20-13(19-12)8-21-11-5-3-4-10(18)7-11/h3-5,7,9H,6,8H2,1-2H3. The Labute approximate surface area is 141 Å². The summed E-state index contributed by atoms with van der Waals surface area (Å²) in [6.45, 7) is 4.26. The second kappa shape index (κ2) is 7.56. The van der Waals surface area contributed by atoms with Gasteiger partial charge in [0.25, 0.3) is 0 Å². The number of nitrogens with zero attached hydrogens (tertiary/aromatic N) is 2. The van der Waals surface area contributed by atoms with Crippen molar-refractivity contribution in [3.8, 4) is 0 Å². The van der Waals surface area contributed by atoms with Crippen LogP contribution >= 0.6 is 39.3 Å². The van der Waals surface area contributed by atoms with Crippen LogP contribution in [-0.2, 0) is 12.2 Å². The van der Waals surface area contributed by atoms with Crippen molar-refractivity contribution < 1.29 is 4.39 Å². The maximum Gasteiger partial charge on any atom is 0.147 e. The predicted octanol–water partition coefficient (Wildman–Crippen LogP) is 5.52. The summed E-state index contributed by atoms with van der Waals surface area (Å²) >= 11 is 11.1. The molecule has 0 aliphatic heterocycles. The molecule has 112 valence electrons. The summed E-state index contributed by atoms with van der Waals surface area (Å²) in [6, 6.07) is 6.48. The van der Waals surface area contributed by atoms with Crippen LogP contribution in [0.5, 0.6) is 0 Å². The fourth-order valence-corrected chi connectivity index (χ4v) is 3.14. The Balaban J connectivity index is 2.14. The topological polar surface area (TPSA) is 25.8 Å². The molecule has 21 heavy (non-hydrogen) atoms. The molecule has 0 unspecified atom stereocenters. The number of halogens is 3. The van der Waals surface area contributed by atoms with Gasteiger partial charge in [0, 0.05) is 4.90 Å². The van der Waals surface area contributed by atoms with Crippen LogP contribution in [0.1, 0.15) is 25.4 Å². The van der Waals surface area contributed by atoms with Crippen LogP contribution in [0.3, 0.4) is 0 Å². The Morgan fingerprint density at radius 3 is 2.76 bits per heavy atom. The van der Waals surface area contributed by atoms with Gasteiger partial charge in [0.2, 0.25) is 0 Å². The van der Waals surface area contributed by atoms with E-state index in [-0.39, 0.29) is 5.82 Å². The fraction of sp³-hybridized carbons (Fsp3) is 0.333. The monoisotopic (exact) mass is 388 g/mol. The van der Waals surface area contributed by atoms with Crippen LogP contribution in [0.4, 0.5) is 4.39 Å². The summed E-state index contributed by atoms with van der Waals surface area (Å²) in [4.78, 5) is 9.67. The molecular formula is C15H15BrClFN2S. The molecule has 0 aliphatic carbocycles. The Morgan fingerprint density at radius 2 is 2.10 bits per heavy atom. The summed E-state index contributed by atoms with van der Waals surface area (Å²) in [6.07, 6.45) is 0.834. The van der Waals surface area contributed by atoms with Gasteiger partial charge in [0.15, 0.2) is 0 Å². The highest BCUT2D eigenvalue weighted by atomic mass is 79.9. The van der Waals surface area contributed by atoms with Gasteiger partial charge in [-0.15, -0.1) is 11.8 Å². The van der Waals surface area contributed by atoms with Crippen LogP contribution in [0.25, 0.3) is 0 Å². The molecule has 0 bridgehead atoms. The maximum atomic E-state index is 13.1. The van der Waals surface area contributed by atoms with E-state index in [2.05, 4.69) is 39.7 Å². The lowest BCUT2D eigenvalue weighted by Crippen LogP contribution is -2.04. The van der Waals surface area contributed by atoms with E-state index in [1.165, 1.54) is 23.9 Å². The van der Waals surface area contributed by atoms with E-state index in [0.29, 0.717) is 22.6 Å². The lowest BCUT2D eigenvalue weighted by Gasteiger charge is -2.10. The predicted molar refractivity (Wildman–Crippen MR) is 89.2 cm³/mol. The minimum atomic E-state index is -0.241. The number of benzene rings is 1. The highest BCUT2D eigenvalue weighted by Crippen LogP contribution is 2.28. The van der Waals surface area contributed by atoms with Crippen LogP contribution in [-0.4, -0.2) is 9.97 Å². The highest BCUT2D eigenvalue weighted by molar-refractivity contribution is 9.10. The molecule has 0 saturated heterocycles. The van der Waals surface area contributed by atoms with E-state index < -0.39 is 0 Å². The van der Waals surface area contributed by atoms with Gasteiger partial charge < -0.3 is 0 Å². The van der Waals surface area contributed by atoms with Crippen molar-refractivity contribution in [2.75, 3.05) is 0 Å². The Bertz CT molecular complexity index is 637. The minimum absolute atomic E-state index is 0.241. The van der Waals surface area contributed by atoms with E-state index in [4.69, 9.17) is 11.6 Å². The van der Waals surface area contributed by atoms with Gasteiger partial charge in [-0.05, 0) is 46.5 Å². The number of rotatable bonds is 5. The molecule has 0 N–H and O–H groups in total. The Hall–Kier alpha value is -0.650. The molecule has 0 spiro atoms. The average Bonchev–Trinajstić information content (AvgIpc) is 2.41. The maximum absolute atomic E-state index is 13.1. The molecule has 0 aliphatic rings. The highest BCUT2D eigenvalue weighted by Gasteiger charge is 2.12. The van der Waals surface area contributed by atoms with Crippen molar-refractivity contribution >= 4 is 39.3 Å². The third kappa shape index (κ3) is 4.94. The summed E-state index contributed by atoms with van der Waals surface area (Å²) in [5.41, 5.74) is 0.917. The minimum Gasteiger partial charge on any atom is -0.236 e. The molecule has 1 aromatic heterocycles. The molecule has 0 amide bonds. The third-order valence-corrected chi connectivity index (χ3v) is 5.02. The zero-order valence-corrected chi connectivity index (χ0v) is 14.9. The summed E-state index contributed by atoms with van der Waals surface area (Å²) in [7, 11) is 0. The molecule has 0 radical (unpaired) electrons. The van der Waals surface area contributed by atoms with Crippen LogP contribution in [0.15, 0.2) is 33.6 Å². The lowest BCUT2D eigenvalue weighted by molar-refractivity contribution is 0.624. The second-order valence-corrected chi connectivity index (χ2v) is 7.24. The first kappa shape index (κ1) is 16.7. The first-order chi connectivity index (χ1) is 9.95. The zero-order valence-electron chi connectivity index (χ0n) is 11.7. The third-order valence-electron chi connectivity index (χ3n) is 2.69. The van der Waals surface area contributed by atoms with Gasteiger partial charge in [-0.3, -0.25) is 0 Å². The van der Waals surface area contributed by atoms with E-state index in [1.807, 2.05) is 6.07 Å². The molecule has 2 rings (SSSR count). The largest absolute Gasteiger partial charge is 0.236 e. The Kier molecular flexibility index (Phi) is 6.02. The van der Waals surface area contributed by atoms with Crippen LogP contribution in [0, 0.1) is 11.7 Å². The van der Waals surface area contributed by atoms with Crippen molar-refractivity contribution in [1.29, 1.82) is 0 Å². The number of hydrogen-bond acceptors (Lipinski definition) is 3.